The highest BCUT2D eigenvalue weighted by Gasteiger charge is 2.21. The van der Waals surface area contributed by atoms with Crippen molar-refractivity contribution in [3.63, 3.8) is 0 Å². The number of rotatable bonds is 2. The molecule has 1 heterocycles. The van der Waals surface area contributed by atoms with Gasteiger partial charge in [-0.25, -0.2) is 0 Å². The number of aromatic hydroxyl groups is 1. The van der Waals surface area contributed by atoms with Crippen LogP contribution >= 0.6 is 0 Å². The Morgan fingerprint density at radius 1 is 1.38 bits per heavy atom. The van der Waals surface area contributed by atoms with Gasteiger partial charge in [-0.05, 0) is 24.3 Å². The van der Waals surface area contributed by atoms with Gasteiger partial charge < -0.3 is 10.8 Å². The summed E-state index contributed by atoms with van der Waals surface area (Å²) in [4.78, 5) is 0. The van der Waals surface area contributed by atoms with Gasteiger partial charge in [0.15, 0.2) is 12.0 Å². The van der Waals surface area contributed by atoms with Crippen molar-refractivity contribution >= 4 is 17.2 Å². The Morgan fingerprint density at radius 3 is 2.62 bits per heavy atom. The number of anilines is 1. The molecule has 82 valence electrons. The number of hydrazone groups is 1. The van der Waals surface area contributed by atoms with Gasteiger partial charge in [0, 0.05) is 0 Å². The van der Waals surface area contributed by atoms with E-state index >= 15 is 0 Å². The van der Waals surface area contributed by atoms with Crippen LogP contribution < -0.4 is 11.2 Å². The molecule has 2 rings (SSSR count). The van der Waals surface area contributed by atoms with E-state index in [1.807, 2.05) is 0 Å². The van der Waals surface area contributed by atoms with E-state index in [2.05, 4.69) is 20.8 Å². The minimum Gasteiger partial charge on any atom is -0.508 e. The predicted octanol–water partition coefficient (Wildman–Crippen LogP) is 0.888. The minimum atomic E-state index is -0.683. The third-order valence-corrected chi connectivity index (χ3v) is 1.98. The molecule has 7 heteroatoms. The molecule has 16 heavy (non-hydrogen) atoms. The van der Waals surface area contributed by atoms with Gasteiger partial charge in [-0.15, -0.1) is 5.11 Å². The summed E-state index contributed by atoms with van der Waals surface area (Å²) >= 11 is 0. The fourth-order valence-corrected chi connectivity index (χ4v) is 1.15. The summed E-state index contributed by atoms with van der Waals surface area (Å²) in [5.74, 6) is 0.132. The number of nitrogens with two attached hydrogens (primary N) is 1. The maximum Gasteiger partial charge on any atom is 0.194 e. The highest BCUT2D eigenvalue weighted by atomic mass is 16.3. The average molecular weight is 218 g/mol. The van der Waals surface area contributed by atoms with Crippen molar-refractivity contribution in [2.45, 2.75) is 6.17 Å². The van der Waals surface area contributed by atoms with Crippen molar-refractivity contribution in [3.05, 3.63) is 24.3 Å². The fraction of sp³-hybridized carbons (Fsp3) is 0.111. The quantitative estimate of drug-likeness (QED) is 0.435. The van der Waals surface area contributed by atoms with Crippen LogP contribution in [0.3, 0.4) is 0 Å². The lowest BCUT2D eigenvalue weighted by Crippen LogP contribution is -2.29. The Kier molecular flexibility index (Phi) is 2.61. The molecule has 0 amide bonds. The first-order valence-electron chi connectivity index (χ1n) is 4.55. The number of amidine groups is 1. The largest absolute Gasteiger partial charge is 0.508 e. The molecule has 0 unspecified atom stereocenters. The maximum absolute atomic E-state index is 9.07. The Hall–Kier alpha value is -2.28. The molecule has 1 aromatic carbocycles. The summed E-state index contributed by atoms with van der Waals surface area (Å²) < 4.78 is 0. The zero-order valence-corrected chi connectivity index (χ0v) is 8.25. The molecule has 1 aliphatic rings. The molecule has 0 saturated carbocycles. The van der Waals surface area contributed by atoms with Crippen LogP contribution in [0.2, 0.25) is 0 Å². The number of azo groups is 1. The molecule has 0 bridgehead atoms. The molecule has 0 saturated heterocycles. The Bertz CT molecular complexity index is 463. The van der Waals surface area contributed by atoms with E-state index in [1.165, 1.54) is 12.1 Å². The number of benzene rings is 1. The van der Waals surface area contributed by atoms with E-state index in [-0.39, 0.29) is 17.3 Å². The summed E-state index contributed by atoms with van der Waals surface area (Å²) in [6.45, 7) is 0. The number of nitrogens with one attached hydrogen (secondary N) is 2. The SMILES string of the molecule is N=C1N=N[C@H](N)C1=NNc1ccc(O)cc1. The number of phenolic OH excluding ortho intramolecular Hbond substituents is 1. The fourth-order valence-electron chi connectivity index (χ4n) is 1.15. The van der Waals surface area contributed by atoms with Gasteiger partial charge in [0.1, 0.15) is 11.5 Å². The lowest BCUT2D eigenvalue weighted by atomic mass is 10.3. The summed E-state index contributed by atoms with van der Waals surface area (Å²) in [5.41, 5.74) is 9.22. The van der Waals surface area contributed by atoms with Crippen molar-refractivity contribution in [3.8, 4) is 5.75 Å². The van der Waals surface area contributed by atoms with Gasteiger partial charge in [-0.2, -0.15) is 10.2 Å². The van der Waals surface area contributed by atoms with Crippen molar-refractivity contribution in [1.82, 2.24) is 0 Å². The molecule has 1 aliphatic heterocycles. The van der Waals surface area contributed by atoms with Gasteiger partial charge in [0.25, 0.3) is 0 Å². The molecular formula is C9H10N6O. The van der Waals surface area contributed by atoms with Gasteiger partial charge in [-0.3, -0.25) is 10.8 Å². The second kappa shape index (κ2) is 4.07. The predicted molar refractivity (Wildman–Crippen MR) is 59.7 cm³/mol. The Morgan fingerprint density at radius 2 is 2.06 bits per heavy atom. The van der Waals surface area contributed by atoms with Crippen LogP contribution in [0.25, 0.3) is 0 Å². The molecule has 0 spiro atoms. The van der Waals surface area contributed by atoms with E-state index in [0.717, 1.165) is 0 Å². The van der Waals surface area contributed by atoms with Crippen LogP contribution in [0, 0.1) is 5.41 Å². The topological polar surface area (TPSA) is 119 Å². The second-order valence-corrected chi connectivity index (χ2v) is 3.16. The second-order valence-electron chi connectivity index (χ2n) is 3.16. The first-order valence-corrected chi connectivity index (χ1v) is 4.55. The van der Waals surface area contributed by atoms with E-state index in [0.29, 0.717) is 5.69 Å². The molecule has 0 radical (unpaired) electrons. The third kappa shape index (κ3) is 2.04. The maximum atomic E-state index is 9.07. The summed E-state index contributed by atoms with van der Waals surface area (Å²) in [6, 6.07) is 6.35. The lowest BCUT2D eigenvalue weighted by molar-refractivity contribution is 0.475. The zero-order chi connectivity index (χ0) is 11.5. The summed E-state index contributed by atoms with van der Waals surface area (Å²) in [5, 5.41) is 27.5. The Balaban J connectivity index is 2.09. The van der Waals surface area contributed by atoms with Crippen LogP contribution in [0.4, 0.5) is 5.69 Å². The third-order valence-electron chi connectivity index (χ3n) is 1.98. The molecule has 0 aliphatic carbocycles. The standard InChI is InChI=1S/C9H10N6O/c10-8-7(9(11)15-14-8)13-12-5-1-3-6(16)4-2-5/h1-4,8,11-12,16H,10H2/t8-/m0/s1. The molecule has 0 fully saturated rings. The first kappa shape index (κ1) is 10.2. The highest BCUT2D eigenvalue weighted by molar-refractivity contribution is 6.43. The molecule has 0 aromatic heterocycles. The number of nitrogens with zero attached hydrogens (tertiary/aromatic N) is 3. The highest BCUT2D eigenvalue weighted by Crippen LogP contribution is 2.14. The number of hydrogen-bond acceptors (Lipinski definition) is 6. The van der Waals surface area contributed by atoms with Crippen molar-refractivity contribution in [2.75, 3.05) is 5.43 Å². The van der Waals surface area contributed by atoms with Crippen molar-refractivity contribution in [1.29, 1.82) is 5.41 Å². The van der Waals surface area contributed by atoms with Crippen molar-refractivity contribution in [2.24, 2.45) is 21.1 Å². The summed E-state index contributed by atoms with van der Waals surface area (Å²) in [7, 11) is 0. The molecular weight excluding hydrogens is 208 g/mol. The van der Waals surface area contributed by atoms with Gasteiger partial charge in [-0.1, -0.05) is 0 Å². The van der Waals surface area contributed by atoms with E-state index in [4.69, 9.17) is 16.2 Å². The molecule has 5 N–H and O–H groups in total. The van der Waals surface area contributed by atoms with Gasteiger partial charge in [0.2, 0.25) is 0 Å². The monoisotopic (exact) mass is 218 g/mol. The van der Waals surface area contributed by atoms with Crippen LogP contribution in [0.1, 0.15) is 0 Å². The average Bonchev–Trinajstić information content (AvgIpc) is 2.59. The number of phenols is 1. The van der Waals surface area contributed by atoms with E-state index < -0.39 is 6.17 Å². The van der Waals surface area contributed by atoms with Gasteiger partial charge >= 0.3 is 0 Å². The first-order chi connectivity index (χ1) is 7.66. The van der Waals surface area contributed by atoms with Crippen molar-refractivity contribution < 1.29 is 5.11 Å². The molecule has 7 nitrogen and oxygen atoms in total. The van der Waals surface area contributed by atoms with E-state index in [1.54, 1.807) is 12.1 Å². The number of hydrogen-bond donors (Lipinski definition) is 4. The van der Waals surface area contributed by atoms with Crippen LogP contribution in [0.15, 0.2) is 39.6 Å². The zero-order valence-electron chi connectivity index (χ0n) is 8.25. The Labute approximate surface area is 91.2 Å². The van der Waals surface area contributed by atoms with Crippen LogP contribution in [0.5, 0.6) is 5.75 Å². The summed E-state index contributed by atoms with van der Waals surface area (Å²) in [6.07, 6.45) is -0.683. The molecule has 1 atom stereocenters. The minimum absolute atomic E-state index is 0.0428. The lowest BCUT2D eigenvalue weighted by Gasteiger charge is -2.03. The normalized spacial score (nSPS) is 21.7. The van der Waals surface area contributed by atoms with Gasteiger partial charge in [0.05, 0.1) is 5.69 Å². The molecule has 1 aromatic rings. The van der Waals surface area contributed by atoms with Crippen LogP contribution in [-0.2, 0) is 0 Å². The van der Waals surface area contributed by atoms with Crippen LogP contribution in [-0.4, -0.2) is 22.8 Å². The smallest absolute Gasteiger partial charge is 0.194 e. The van der Waals surface area contributed by atoms with E-state index in [9.17, 15) is 0 Å².